The summed E-state index contributed by atoms with van der Waals surface area (Å²) < 4.78 is 18.5. The summed E-state index contributed by atoms with van der Waals surface area (Å²) in [5.74, 6) is 0.967. The second-order valence-electron chi connectivity index (χ2n) is 8.09. The molecule has 0 atom stereocenters. The van der Waals surface area contributed by atoms with Gasteiger partial charge in [0, 0.05) is 17.8 Å². The number of aryl methyl sites for hydroxylation is 1. The van der Waals surface area contributed by atoms with Crippen LogP contribution in [0.4, 0.5) is 5.69 Å². The summed E-state index contributed by atoms with van der Waals surface area (Å²) in [5.41, 5.74) is 4.70. The summed E-state index contributed by atoms with van der Waals surface area (Å²) in [6.45, 7) is 3.20. The molecular formula is C26H24N4O4. The number of nitrogens with zero attached hydrogens (tertiary/aromatic N) is 3. The minimum Gasteiger partial charge on any atom is -0.496 e. The van der Waals surface area contributed by atoms with Crippen LogP contribution in [0.25, 0.3) is 21.9 Å². The molecule has 0 saturated carbocycles. The summed E-state index contributed by atoms with van der Waals surface area (Å²) in [7, 11) is 3.07. The topological polar surface area (TPSA) is 91.4 Å². The second kappa shape index (κ2) is 8.90. The van der Waals surface area contributed by atoms with Gasteiger partial charge in [0.05, 0.1) is 38.9 Å². The van der Waals surface area contributed by atoms with E-state index in [2.05, 4.69) is 40.8 Å². The van der Waals surface area contributed by atoms with Gasteiger partial charge in [0.25, 0.3) is 0 Å². The molecule has 5 rings (SSSR count). The molecule has 172 valence electrons. The van der Waals surface area contributed by atoms with Crippen molar-refractivity contribution in [2.75, 3.05) is 19.5 Å². The maximum atomic E-state index is 13.3. The Morgan fingerprint density at radius 3 is 2.71 bits per heavy atom. The van der Waals surface area contributed by atoms with Gasteiger partial charge in [-0.1, -0.05) is 35.0 Å². The Morgan fingerprint density at radius 2 is 1.91 bits per heavy atom. The molecule has 5 aromatic rings. The SMILES string of the molecule is COc1cc(OC)c2c(=O)c3cc(NCc4cn(Cc5cccc(C)c5)nn4)ccc3oc2c1. The zero-order chi connectivity index (χ0) is 23.7. The number of hydrogen-bond acceptors (Lipinski definition) is 7. The summed E-state index contributed by atoms with van der Waals surface area (Å²) in [6.07, 6.45) is 1.91. The lowest BCUT2D eigenvalue weighted by atomic mass is 10.1. The van der Waals surface area contributed by atoms with Crippen molar-refractivity contribution in [3.8, 4) is 11.5 Å². The van der Waals surface area contributed by atoms with E-state index in [0.717, 1.165) is 11.4 Å². The molecule has 0 spiro atoms. The van der Waals surface area contributed by atoms with Gasteiger partial charge in [-0.2, -0.15) is 0 Å². The summed E-state index contributed by atoms with van der Waals surface area (Å²) in [5, 5.41) is 12.6. The molecule has 1 N–H and O–H groups in total. The van der Waals surface area contributed by atoms with E-state index in [9.17, 15) is 4.79 Å². The lowest BCUT2D eigenvalue weighted by Gasteiger charge is -2.10. The molecule has 8 heteroatoms. The number of fused-ring (bicyclic) bond motifs is 2. The third-order valence-corrected chi connectivity index (χ3v) is 5.65. The van der Waals surface area contributed by atoms with E-state index in [1.54, 1.807) is 31.4 Å². The van der Waals surface area contributed by atoms with Gasteiger partial charge in [0.15, 0.2) is 0 Å². The average molecular weight is 457 g/mol. The van der Waals surface area contributed by atoms with Gasteiger partial charge in [-0.05, 0) is 30.7 Å². The second-order valence-corrected chi connectivity index (χ2v) is 8.09. The summed E-state index contributed by atoms with van der Waals surface area (Å²) in [4.78, 5) is 13.3. The van der Waals surface area contributed by atoms with E-state index in [4.69, 9.17) is 13.9 Å². The number of hydrogen-bond donors (Lipinski definition) is 1. The normalized spacial score (nSPS) is 11.1. The molecule has 0 aliphatic carbocycles. The number of methoxy groups -OCH3 is 2. The van der Waals surface area contributed by atoms with Crippen molar-refractivity contribution in [3.05, 3.63) is 87.8 Å². The van der Waals surface area contributed by atoms with E-state index in [1.165, 1.54) is 18.2 Å². The van der Waals surface area contributed by atoms with Crippen molar-refractivity contribution in [3.63, 3.8) is 0 Å². The largest absolute Gasteiger partial charge is 0.496 e. The van der Waals surface area contributed by atoms with Crippen LogP contribution in [-0.2, 0) is 13.1 Å². The summed E-state index contributed by atoms with van der Waals surface area (Å²) in [6, 6.07) is 17.1. The number of nitrogens with one attached hydrogen (secondary N) is 1. The molecule has 0 amide bonds. The first-order chi connectivity index (χ1) is 16.5. The van der Waals surface area contributed by atoms with Gasteiger partial charge < -0.3 is 19.2 Å². The fourth-order valence-corrected chi connectivity index (χ4v) is 4.00. The minimum absolute atomic E-state index is 0.163. The molecule has 2 heterocycles. The Kier molecular flexibility index (Phi) is 5.63. The molecule has 0 radical (unpaired) electrons. The first-order valence-electron chi connectivity index (χ1n) is 10.8. The van der Waals surface area contributed by atoms with Crippen LogP contribution >= 0.6 is 0 Å². The van der Waals surface area contributed by atoms with Gasteiger partial charge in [-0.25, -0.2) is 4.68 Å². The van der Waals surface area contributed by atoms with Crippen LogP contribution in [0.1, 0.15) is 16.8 Å². The molecule has 8 nitrogen and oxygen atoms in total. The first kappa shape index (κ1) is 21.5. The number of rotatable bonds is 7. The maximum Gasteiger partial charge on any atom is 0.204 e. The van der Waals surface area contributed by atoms with Gasteiger partial charge >= 0.3 is 0 Å². The molecule has 0 unspecified atom stereocenters. The first-order valence-corrected chi connectivity index (χ1v) is 10.8. The van der Waals surface area contributed by atoms with Crippen LogP contribution in [0, 0.1) is 6.92 Å². The standard InChI is InChI=1S/C26H24N4O4/c1-16-5-4-6-17(9-16)14-30-15-19(28-29-30)13-27-18-7-8-22-21(10-18)26(31)25-23(33-3)11-20(32-2)12-24(25)34-22/h4-12,15,27H,13-14H2,1-3H3. The molecule has 3 aromatic carbocycles. The van der Waals surface area contributed by atoms with Crippen LogP contribution in [-0.4, -0.2) is 29.2 Å². The van der Waals surface area contributed by atoms with Crippen molar-refractivity contribution in [2.24, 2.45) is 0 Å². The fourth-order valence-electron chi connectivity index (χ4n) is 4.00. The maximum absolute atomic E-state index is 13.3. The summed E-state index contributed by atoms with van der Waals surface area (Å²) >= 11 is 0. The zero-order valence-corrected chi connectivity index (χ0v) is 19.2. The lowest BCUT2D eigenvalue weighted by Crippen LogP contribution is -2.06. The Bertz CT molecular complexity index is 1550. The van der Waals surface area contributed by atoms with Gasteiger partial charge in [0.1, 0.15) is 33.7 Å². The smallest absolute Gasteiger partial charge is 0.204 e. The average Bonchev–Trinajstić information content (AvgIpc) is 3.29. The van der Waals surface area contributed by atoms with Crippen LogP contribution in [0.5, 0.6) is 11.5 Å². The molecule has 0 bridgehead atoms. The Labute approximate surface area is 195 Å². The predicted molar refractivity (Wildman–Crippen MR) is 131 cm³/mol. The quantitative estimate of drug-likeness (QED) is 0.360. The molecular weight excluding hydrogens is 432 g/mol. The molecule has 0 aliphatic heterocycles. The molecule has 0 fully saturated rings. The van der Waals surface area contributed by atoms with Crippen molar-refractivity contribution in [1.29, 1.82) is 0 Å². The van der Waals surface area contributed by atoms with Crippen molar-refractivity contribution >= 4 is 27.6 Å². The predicted octanol–water partition coefficient (Wildman–Crippen LogP) is 4.52. The highest BCUT2D eigenvalue weighted by Crippen LogP contribution is 2.31. The van der Waals surface area contributed by atoms with Crippen LogP contribution in [0.2, 0.25) is 0 Å². The monoisotopic (exact) mass is 456 g/mol. The third kappa shape index (κ3) is 4.17. The van der Waals surface area contributed by atoms with Crippen molar-refractivity contribution in [1.82, 2.24) is 15.0 Å². The molecule has 34 heavy (non-hydrogen) atoms. The molecule has 0 saturated heterocycles. The Morgan fingerprint density at radius 1 is 1.03 bits per heavy atom. The van der Waals surface area contributed by atoms with E-state index >= 15 is 0 Å². The van der Waals surface area contributed by atoms with Crippen molar-refractivity contribution in [2.45, 2.75) is 20.0 Å². The number of benzene rings is 3. The highest BCUT2D eigenvalue weighted by Gasteiger charge is 2.15. The minimum atomic E-state index is -0.163. The molecule has 2 aromatic heterocycles. The Hall–Kier alpha value is -4.33. The highest BCUT2D eigenvalue weighted by atomic mass is 16.5. The van der Waals surface area contributed by atoms with E-state index in [1.807, 2.05) is 23.0 Å². The van der Waals surface area contributed by atoms with E-state index < -0.39 is 0 Å². The van der Waals surface area contributed by atoms with Crippen LogP contribution in [0.15, 0.2) is 70.0 Å². The zero-order valence-electron chi connectivity index (χ0n) is 19.2. The lowest BCUT2D eigenvalue weighted by molar-refractivity contribution is 0.396. The highest BCUT2D eigenvalue weighted by molar-refractivity contribution is 5.95. The van der Waals surface area contributed by atoms with Crippen LogP contribution < -0.4 is 20.2 Å². The third-order valence-electron chi connectivity index (χ3n) is 5.65. The number of aromatic nitrogens is 3. The van der Waals surface area contributed by atoms with E-state index in [0.29, 0.717) is 46.5 Å². The van der Waals surface area contributed by atoms with Gasteiger partial charge in [-0.15, -0.1) is 5.10 Å². The van der Waals surface area contributed by atoms with Gasteiger partial charge in [-0.3, -0.25) is 4.79 Å². The Balaban J connectivity index is 1.38. The molecule has 0 aliphatic rings. The van der Waals surface area contributed by atoms with E-state index in [-0.39, 0.29) is 5.43 Å². The van der Waals surface area contributed by atoms with Crippen molar-refractivity contribution < 1.29 is 13.9 Å². The number of anilines is 1. The van der Waals surface area contributed by atoms with Crippen LogP contribution in [0.3, 0.4) is 0 Å². The number of ether oxygens (including phenoxy) is 2. The fraction of sp³-hybridized carbons (Fsp3) is 0.192. The van der Waals surface area contributed by atoms with Gasteiger partial charge in [0.2, 0.25) is 5.43 Å².